The van der Waals surface area contributed by atoms with Gasteiger partial charge in [0.2, 0.25) is 0 Å². The van der Waals surface area contributed by atoms with Crippen LogP contribution < -0.4 is 10.1 Å². The number of esters is 1. The quantitative estimate of drug-likeness (QED) is 0.769. The lowest BCUT2D eigenvalue weighted by atomic mass is 9.99. The zero-order valence-corrected chi connectivity index (χ0v) is 12.2. The molecule has 4 heteroatoms. The molecule has 0 bridgehead atoms. The fourth-order valence-electron chi connectivity index (χ4n) is 1.70. The second-order valence-electron chi connectivity index (χ2n) is 4.67. The van der Waals surface area contributed by atoms with Crippen LogP contribution in [0.4, 0.5) is 0 Å². The Balaban J connectivity index is 2.55. The maximum absolute atomic E-state index is 11.9. The van der Waals surface area contributed by atoms with E-state index in [4.69, 9.17) is 9.47 Å². The smallest absolute Gasteiger partial charge is 0.326 e. The molecular weight excluding hydrogens is 242 g/mol. The van der Waals surface area contributed by atoms with Crippen LogP contribution in [0.1, 0.15) is 25.8 Å². The largest absolute Gasteiger partial charge is 0.493 e. The summed E-state index contributed by atoms with van der Waals surface area (Å²) in [5.74, 6) is 0.607. The van der Waals surface area contributed by atoms with Crippen LogP contribution in [0.25, 0.3) is 0 Å². The van der Waals surface area contributed by atoms with E-state index in [0.717, 1.165) is 11.3 Å². The summed E-state index contributed by atoms with van der Waals surface area (Å²) in [5.41, 5.74) is 0.378. The molecular formula is C15H23NO3. The number of ether oxygens (including phenoxy) is 2. The second-order valence-corrected chi connectivity index (χ2v) is 4.67. The van der Waals surface area contributed by atoms with Crippen LogP contribution in [0.5, 0.6) is 5.75 Å². The number of aryl methyl sites for hydroxylation is 1. The first kappa shape index (κ1) is 15.5. The van der Waals surface area contributed by atoms with Gasteiger partial charge in [0, 0.05) is 6.42 Å². The van der Waals surface area contributed by atoms with Gasteiger partial charge >= 0.3 is 5.97 Å². The van der Waals surface area contributed by atoms with Gasteiger partial charge in [-0.2, -0.15) is 0 Å². The summed E-state index contributed by atoms with van der Waals surface area (Å²) in [6, 6.07) is 7.83. The highest BCUT2D eigenvalue weighted by Crippen LogP contribution is 2.18. The molecule has 1 rings (SSSR count). The fourth-order valence-corrected chi connectivity index (χ4v) is 1.70. The first-order valence-electron chi connectivity index (χ1n) is 6.58. The predicted molar refractivity (Wildman–Crippen MR) is 75.4 cm³/mol. The van der Waals surface area contributed by atoms with Crippen LogP contribution >= 0.6 is 0 Å². The third-order valence-electron chi connectivity index (χ3n) is 3.23. The average molecular weight is 265 g/mol. The standard InChI is InChI=1S/C15H23NO3/c1-5-18-14(17)15(3,16-4)10-11-19-13-9-7-6-8-12(13)2/h6-9,16H,5,10-11H2,1-4H3. The number of likely N-dealkylation sites (N-methyl/N-ethyl adjacent to an activating group) is 1. The summed E-state index contributed by atoms with van der Waals surface area (Å²) in [5, 5.41) is 3.01. The fraction of sp³-hybridized carbons (Fsp3) is 0.533. The van der Waals surface area contributed by atoms with Crippen LogP contribution in [0.2, 0.25) is 0 Å². The molecule has 0 fully saturated rings. The lowest BCUT2D eigenvalue weighted by Gasteiger charge is -2.26. The van der Waals surface area contributed by atoms with E-state index >= 15 is 0 Å². The number of hydrogen-bond acceptors (Lipinski definition) is 4. The van der Waals surface area contributed by atoms with E-state index in [1.165, 1.54) is 0 Å². The van der Waals surface area contributed by atoms with E-state index in [-0.39, 0.29) is 5.97 Å². The maximum atomic E-state index is 11.9. The van der Waals surface area contributed by atoms with Crippen LogP contribution in [0, 0.1) is 6.92 Å². The second kappa shape index (κ2) is 7.14. The third-order valence-corrected chi connectivity index (χ3v) is 3.23. The summed E-state index contributed by atoms with van der Waals surface area (Å²) in [7, 11) is 1.75. The predicted octanol–water partition coefficient (Wildman–Crippen LogP) is 2.31. The van der Waals surface area contributed by atoms with Gasteiger partial charge in [0.1, 0.15) is 11.3 Å². The van der Waals surface area contributed by atoms with Crippen LogP contribution in [-0.4, -0.2) is 31.8 Å². The highest BCUT2D eigenvalue weighted by Gasteiger charge is 2.32. The summed E-state index contributed by atoms with van der Waals surface area (Å²) in [4.78, 5) is 11.9. The van der Waals surface area contributed by atoms with Crippen molar-refractivity contribution in [2.45, 2.75) is 32.7 Å². The molecule has 1 N–H and O–H groups in total. The number of rotatable bonds is 7. The molecule has 0 aliphatic rings. The number of carbonyl (C=O) groups is 1. The van der Waals surface area contributed by atoms with Gasteiger partial charge in [0.05, 0.1) is 13.2 Å². The molecule has 0 aliphatic carbocycles. The molecule has 1 aromatic rings. The van der Waals surface area contributed by atoms with E-state index in [0.29, 0.717) is 19.6 Å². The van der Waals surface area contributed by atoms with Crippen molar-refractivity contribution < 1.29 is 14.3 Å². The van der Waals surface area contributed by atoms with Crippen molar-refractivity contribution in [1.29, 1.82) is 0 Å². The number of carbonyl (C=O) groups excluding carboxylic acids is 1. The van der Waals surface area contributed by atoms with E-state index < -0.39 is 5.54 Å². The van der Waals surface area contributed by atoms with Crippen molar-refractivity contribution in [3.63, 3.8) is 0 Å². The Labute approximate surface area is 115 Å². The van der Waals surface area contributed by atoms with E-state index in [1.807, 2.05) is 38.1 Å². The Bertz CT molecular complexity index is 420. The van der Waals surface area contributed by atoms with Crippen molar-refractivity contribution in [1.82, 2.24) is 5.32 Å². The zero-order chi connectivity index (χ0) is 14.3. The van der Waals surface area contributed by atoms with Gasteiger partial charge in [0.15, 0.2) is 0 Å². The molecule has 19 heavy (non-hydrogen) atoms. The Hall–Kier alpha value is -1.55. The monoisotopic (exact) mass is 265 g/mol. The minimum Gasteiger partial charge on any atom is -0.493 e. The minimum absolute atomic E-state index is 0.245. The molecule has 0 spiro atoms. The van der Waals surface area contributed by atoms with E-state index in [9.17, 15) is 4.79 Å². The van der Waals surface area contributed by atoms with Crippen LogP contribution in [0.15, 0.2) is 24.3 Å². The molecule has 1 aromatic carbocycles. The highest BCUT2D eigenvalue weighted by atomic mass is 16.5. The molecule has 0 aromatic heterocycles. The van der Waals surface area contributed by atoms with E-state index in [2.05, 4.69) is 5.32 Å². The minimum atomic E-state index is -0.710. The van der Waals surface area contributed by atoms with E-state index in [1.54, 1.807) is 14.0 Å². The normalized spacial score (nSPS) is 13.7. The summed E-state index contributed by atoms with van der Waals surface area (Å²) in [6.07, 6.45) is 0.552. The zero-order valence-electron chi connectivity index (χ0n) is 12.2. The van der Waals surface area contributed by atoms with Crippen molar-refractivity contribution in [3.8, 4) is 5.75 Å². The summed E-state index contributed by atoms with van der Waals surface area (Å²) in [6.45, 7) is 6.47. The summed E-state index contributed by atoms with van der Waals surface area (Å²) >= 11 is 0. The third kappa shape index (κ3) is 4.24. The van der Waals surface area contributed by atoms with Gasteiger partial charge in [-0.05, 0) is 39.4 Å². The lowest BCUT2D eigenvalue weighted by molar-refractivity contribution is -0.150. The van der Waals surface area contributed by atoms with Gasteiger partial charge in [-0.1, -0.05) is 18.2 Å². The van der Waals surface area contributed by atoms with Crippen molar-refractivity contribution >= 4 is 5.97 Å². The van der Waals surface area contributed by atoms with Crippen molar-refractivity contribution in [2.75, 3.05) is 20.3 Å². The first-order chi connectivity index (χ1) is 9.03. The molecule has 4 nitrogen and oxygen atoms in total. The molecule has 0 saturated heterocycles. The molecule has 0 radical (unpaired) electrons. The lowest BCUT2D eigenvalue weighted by Crippen LogP contribution is -2.49. The highest BCUT2D eigenvalue weighted by molar-refractivity contribution is 5.80. The average Bonchev–Trinajstić information content (AvgIpc) is 2.41. The first-order valence-corrected chi connectivity index (χ1v) is 6.58. The number of benzene rings is 1. The number of hydrogen-bond donors (Lipinski definition) is 1. The Morgan fingerprint density at radius 1 is 1.37 bits per heavy atom. The maximum Gasteiger partial charge on any atom is 0.326 e. The Morgan fingerprint density at radius 3 is 2.63 bits per heavy atom. The van der Waals surface area contributed by atoms with Crippen molar-refractivity contribution in [3.05, 3.63) is 29.8 Å². The molecule has 0 saturated carbocycles. The summed E-state index contributed by atoms with van der Waals surface area (Å²) < 4.78 is 10.8. The van der Waals surface area contributed by atoms with Crippen LogP contribution in [-0.2, 0) is 9.53 Å². The Morgan fingerprint density at radius 2 is 2.05 bits per heavy atom. The van der Waals surface area contributed by atoms with Gasteiger partial charge in [-0.15, -0.1) is 0 Å². The van der Waals surface area contributed by atoms with Gasteiger partial charge in [0.25, 0.3) is 0 Å². The SMILES string of the molecule is CCOC(=O)C(C)(CCOc1ccccc1C)NC. The molecule has 0 heterocycles. The number of para-hydroxylation sites is 1. The van der Waals surface area contributed by atoms with Gasteiger partial charge in [-0.3, -0.25) is 4.79 Å². The molecule has 0 aliphatic heterocycles. The molecule has 1 atom stereocenters. The molecule has 0 amide bonds. The van der Waals surface area contributed by atoms with Gasteiger partial charge in [-0.25, -0.2) is 0 Å². The topological polar surface area (TPSA) is 47.6 Å². The Kier molecular flexibility index (Phi) is 5.83. The van der Waals surface area contributed by atoms with Crippen molar-refractivity contribution in [2.24, 2.45) is 0 Å². The molecule has 1 unspecified atom stereocenters. The van der Waals surface area contributed by atoms with Gasteiger partial charge < -0.3 is 14.8 Å². The molecule has 106 valence electrons. The van der Waals surface area contributed by atoms with Crippen LogP contribution in [0.3, 0.4) is 0 Å². The number of nitrogens with one attached hydrogen (secondary N) is 1.